The van der Waals surface area contributed by atoms with Gasteiger partial charge in [-0.3, -0.25) is 0 Å². The summed E-state index contributed by atoms with van der Waals surface area (Å²) in [5.41, 5.74) is 1.23. The number of phenolic OH excluding ortho intramolecular Hbond substituents is 3. The van der Waals surface area contributed by atoms with Gasteiger partial charge in [-0.25, -0.2) is 0 Å². The summed E-state index contributed by atoms with van der Waals surface area (Å²) in [7, 11) is 0. The quantitative estimate of drug-likeness (QED) is 0.418. The minimum atomic E-state index is -1.22. The van der Waals surface area contributed by atoms with Crippen LogP contribution in [-0.4, -0.2) is 61.8 Å². The number of rotatable bonds is 5. The van der Waals surface area contributed by atoms with Gasteiger partial charge in [-0.1, -0.05) is 18.2 Å². The van der Waals surface area contributed by atoms with E-state index in [2.05, 4.69) is 0 Å². The van der Waals surface area contributed by atoms with Gasteiger partial charge in [0, 0.05) is 12.5 Å². The molecule has 8 heteroatoms. The van der Waals surface area contributed by atoms with Crippen LogP contribution < -0.4 is 4.74 Å². The third-order valence-corrected chi connectivity index (χ3v) is 4.35. The van der Waals surface area contributed by atoms with E-state index in [0.717, 1.165) is 0 Å². The van der Waals surface area contributed by atoms with Gasteiger partial charge in [0.2, 0.25) is 6.29 Å². The molecule has 1 heterocycles. The van der Waals surface area contributed by atoms with Crippen LogP contribution in [0.25, 0.3) is 12.2 Å². The number of ether oxygens (including phenoxy) is 2. The predicted octanol–water partition coefficient (Wildman–Crippen LogP) is 1.18. The molecule has 28 heavy (non-hydrogen) atoms. The zero-order chi connectivity index (χ0) is 20.3. The van der Waals surface area contributed by atoms with Crippen molar-refractivity contribution in [3.8, 4) is 23.0 Å². The van der Waals surface area contributed by atoms with Crippen LogP contribution in [0.1, 0.15) is 17.5 Å². The lowest BCUT2D eigenvalue weighted by Gasteiger charge is -2.36. The summed E-state index contributed by atoms with van der Waals surface area (Å²) < 4.78 is 11.0. The van der Waals surface area contributed by atoms with Gasteiger partial charge in [-0.2, -0.15) is 0 Å². The van der Waals surface area contributed by atoms with Crippen LogP contribution in [0, 0.1) is 0 Å². The first-order valence-corrected chi connectivity index (χ1v) is 8.69. The molecular formula is C20H22O8. The lowest BCUT2D eigenvalue weighted by atomic mass is 10.0. The molecule has 3 rings (SSSR count). The Morgan fingerprint density at radius 1 is 0.964 bits per heavy atom. The van der Waals surface area contributed by atoms with E-state index in [9.17, 15) is 30.6 Å². The van der Waals surface area contributed by atoms with Gasteiger partial charge in [0.15, 0.2) is 11.5 Å². The Labute approximate surface area is 161 Å². The maximum atomic E-state index is 10.0. The normalized spacial score (nSPS) is 25.1. The molecule has 0 radical (unpaired) electrons. The van der Waals surface area contributed by atoms with Gasteiger partial charge < -0.3 is 40.1 Å². The topological polar surface area (TPSA) is 140 Å². The molecule has 0 amide bonds. The van der Waals surface area contributed by atoms with Crippen LogP contribution in [-0.2, 0) is 4.74 Å². The van der Waals surface area contributed by atoms with E-state index in [1.54, 1.807) is 24.3 Å². The Balaban J connectivity index is 1.75. The highest BCUT2D eigenvalue weighted by Gasteiger charge is 2.37. The van der Waals surface area contributed by atoms with Gasteiger partial charge in [0.05, 0.1) is 12.7 Å². The minimum absolute atomic E-state index is 0.0280. The molecule has 1 aliphatic rings. The van der Waals surface area contributed by atoms with E-state index in [4.69, 9.17) is 9.47 Å². The number of aromatic hydroxyl groups is 3. The van der Waals surface area contributed by atoms with E-state index < -0.39 is 31.2 Å². The molecular weight excluding hydrogens is 368 g/mol. The Morgan fingerprint density at radius 3 is 2.32 bits per heavy atom. The van der Waals surface area contributed by atoms with E-state index in [1.165, 1.54) is 24.3 Å². The van der Waals surface area contributed by atoms with Crippen LogP contribution in [0.3, 0.4) is 0 Å². The highest BCUT2D eigenvalue weighted by molar-refractivity contribution is 5.72. The Hall–Kier alpha value is -2.78. The largest absolute Gasteiger partial charge is 0.508 e. The predicted molar refractivity (Wildman–Crippen MR) is 99.8 cm³/mol. The summed E-state index contributed by atoms with van der Waals surface area (Å²) >= 11 is 0. The minimum Gasteiger partial charge on any atom is -0.508 e. The smallest absolute Gasteiger partial charge is 0.203 e. The number of aliphatic hydroxyl groups is 3. The molecule has 0 aliphatic carbocycles. The molecule has 0 saturated carbocycles. The fraction of sp³-hybridized carbons (Fsp3) is 0.300. The molecule has 150 valence electrons. The average Bonchev–Trinajstić information content (AvgIpc) is 2.64. The molecule has 2 aromatic carbocycles. The van der Waals surface area contributed by atoms with Crippen LogP contribution in [0.4, 0.5) is 0 Å². The second-order valence-corrected chi connectivity index (χ2v) is 6.54. The monoisotopic (exact) mass is 390 g/mol. The summed E-state index contributed by atoms with van der Waals surface area (Å²) in [6, 6.07) is 8.78. The SMILES string of the molecule is OC[C@H]1O[C@@H](Oc2cc(/C=C/c3cc(O)cc(O)c3)ccc2O)C[C@@H](O)[C@@H]1O. The van der Waals surface area contributed by atoms with Gasteiger partial charge in [0.1, 0.15) is 23.7 Å². The van der Waals surface area contributed by atoms with Crippen molar-refractivity contribution in [2.24, 2.45) is 0 Å². The van der Waals surface area contributed by atoms with Crippen molar-refractivity contribution < 1.29 is 40.1 Å². The number of hydrogen-bond donors (Lipinski definition) is 6. The van der Waals surface area contributed by atoms with Crippen LogP contribution >= 0.6 is 0 Å². The lowest BCUT2D eigenvalue weighted by Crippen LogP contribution is -2.51. The molecule has 1 saturated heterocycles. The summed E-state index contributed by atoms with van der Waals surface area (Å²) in [6.07, 6.45) is -0.960. The van der Waals surface area contributed by atoms with E-state index in [1.807, 2.05) is 0 Å². The lowest BCUT2D eigenvalue weighted by molar-refractivity contribution is -0.230. The van der Waals surface area contributed by atoms with Crippen LogP contribution in [0.15, 0.2) is 36.4 Å². The van der Waals surface area contributed by atoms with Gasteiger partial charge in [-0.15, -0.1) is 0 Å². The maximum absolute atomic E-state index is 10.0. The highest BCUT2D eigenvalue weighted by Crippen LogP contribution is 2.32. The Kier molecular flexibility index (Phi) is 6.05. The summed E-state index contributed by atoms with van der Waals surface area (Å²) in [5.74, 6) is -0.172. The Bertz CT molecular complexity index is 830. The zero-order valence-corrected chi connectivity index (χ0v) is 14.8. The van der Waals surface area contributed by atoms with Crippen molar-refractivity contribution >= 4 is 12.2 Å². The zero-order valence-electron chi connectivity index (χ0n) is 14.8. The standard InChI is InChI=1S/C20H22O8/c21-10-18-20(26)16(25)9-19(28-18)27-17-7-11(3-4-15(17)24)1-2-12-5-13(22)8-14(23)6-12/h1-8,16,18-26H,9-10H2/b2-1+/t16-,18-,19-,20+/m1/s1. The molecule has 0 spiro atoms. The fourth-order valence-corrected chi connectivity index (χ4v) is 2.92. The number of phenols is 3. The Morgan fingerprint density at radius 2 is 1.64 bits per heavy atom. The molecule has 0 bridgehead atoms. The third kappa shape index (κ3) is 4.73. The third-order valence-electron chi connectivity index (χ3n) is 4.35. The fourth-order valence-electron chi connectivity index (χ4n) is 2.92. The van der Waals surface area contributed by atoms with E-state index >= 15 is 0 Å². The van der Waals surface area contributed by atoms with Crippen molar-refractivity contribution in [3.05, 3.63) is 47.5 Å². The van der Waals surface area contributed by atoms with E-state index in [-0.39, 0.29) is 29.4 Å². The number of hydrogen-bond acceptors (Lipinski definition) is 8. The van der Waals surface area contributed by atoms with Crippen molar-refractivity contribution in [1.82, 2.24) is 0 Å². The maximum Gasteiger partial charge on any atom is 0.203 e. The average molecular weight is 390 g/mol. The van der Waals surface area contributed by atoms with Crippen LogP contribution in [0.2, 0.25) is 0 Å². The van der Waals surface area contributed by atoms with Crippen molar-refractivity contribution in [2.75, 3.05) is 6.61 Å². The molecule has 6 N–H and O–H groups in total. The van der Waals surface area contributed by atoms with Crippen molar-refractivity contribution in [2.45, 2.75) is 31.0 Å². The first-order chi connectivity index (χ1) is 13.4. The first-order valence-electron chi connectivity index (χ1n) is 8.69. The summed E-state index contributed by atoms with van der Waals surface area (Å²) in [6.45, 7) is -0.483. The number of aliphatic hydroxyl groups excluding tert-OH is 3. The highest BCUT2D eigenvalue weighted by atomic mass is 16.7. The van der Waals surface area contributed by atoms with Gasteiger partial charge in [0.25, 0.3) is 0 Å². The molecule has 2 aromatic rings. The van der Waals surface area contributed by atoms with Crippen molar-refractivity contribution in [1.29, 1.82) is 0 Å². The van der Waals surface area contributed by atoms with Crippen LogP contribution in [0.5, 0.6) is 23.0 Å². The molecule has 0 unspecified atom stereocenters. The second kappa shape index (κ2) is 8.49. The van der Waals surface area contributed by atoms with Gasteiger partial charge >= 0.3 is 0 Å². The molecule has 0 aromatic heterocycles. The first kappa shape index (κ1) is 20.0. The molecule has 1 fully saturated rings. The molecule has 1 aliphatic heterocycles. The molecule has 4 atom stereocenters. The molecule has 8 nitrogen and oxygen atoms in total. The van der Waals surface area contributed by atoms with Crippen molar-refractivity contribution in [3.63, 3.8) is 0 Å². The van der Waals surface area contributed by atoms with Gasteiger partial charge in [-0.05, 0) is 35.4 Å². The summed E-state index contributed by atoms with van der Waals surface area (Å²) in [4.78, 5) is 0. The second-order valence-electron chi connectivity index (χ2n) is 6.54. The van der Waals surface area contributed by atoms with E-state index in [0.29, 0.717) is 11.1 Å². The summed E-state index contributed by atoms with van der Waals surface area (Å²) in [5, 5.41) is 57.9. The number of benzene rings is 2.